The topological polar surface area (TPSA) is 58.2 Å². The zero-order chi connectivity index (χ0) is 13.2. The molecule has 0 radical (unpaired) electrons. The van der Waals surface area contributed by atoms with Crippen molar-refractivity contribution in [3.05, 3.63) is 0 Å². The van der Waals surface area contributed by atoms with Gasteiger partial charge in [-0.1, -0.05) is 26.2 Å². The highest BCUT2D eigenvalue weighted by Gasteiger charge is 2.46. The van der Waals surface area contributed by atoms with Crippen molar-refractivity contribution >= 4 is 11.8 Å². The van der Waals surface area contributed by atoms with Crippen molar-refractivity contribution in [2.75, 3.05) is 6.54 Å². The van der Waals surface area contributed by atoms with E-state index in [1.165, 1.54) is 0 Å². The maximum absolute atomic E-state index is 12.3. The van der Waals surface area contributed by atoms with E-state index < -0.39 is 5.54 Å². The van der Waals surface area contributed by atoms with Gasteiger partial charge in [-0.05, 0) is 32.1 Å². The summed E-state index contributed by atoms with van der Waals surface area (Å²) >= 11 is 0. The quantitative estimate of drug-likeness (QED) is 0.798. The Morgan fingerprint density at radius 1 is 1.22 bits per heavy atom. The molecule has 2 fully saturated rings. The molecule has 102 valence electrons. The van der Waals surface area contributed by atoms with Gasteiger partial charge >= 0.3 is 0 Å². The molecule has 0 aliphatic heterocycles. The van der Waals surface area contributed by atoms with Gasteiger partial charge in [-0.3, -0.25) is 9.59 Å². The van der Waals surface area contributed by atoms with Gasteiger partial charge in [-0.15, -0.1) is 0 Å². The van der Waals surface area contributed by atoms with E-state index in [-0.39, 0.29) is 17.7 Å². The molecule has 4 nitrogen and oxygen atoms in total. The summed E-state index contributed by atoms with van der Waals surface area (Å²) in [6, 6.07) is 0. The maximum Gasteiger partial charge on any atom is 0.245 e. The molecule has 2 aliphatic rings. The smallest absolute Gasteiger partial charge is 0.245 e. The van der Waals surface area contributed by atoms with Crippen LogP contribution in [-0.4, -0.2) is 23.9 Å². The van der Waals surface area contributed by atoms with Crippen LogP contribution in [0, 0.1) is 11.8 Å². The Kier molecular flexibility index (Phi) is 3.93. The third-order valence-corrected chi connectivity index (χ3v) is 4.29. The number of carbonyl (C=O) groups is 2. The van der Waals surface area contributed by atoms with E-state index >= 15 is 0 Å². The summed E-state index contributed by atoms with van der Waals surface area (Å²) in [5.41, 5.74) is -0.631. The summed E-state index contributed by atoms with van der Waals surface area (Å²) in [5, 5.41) is 5.94. The molecule has 0 spiro atoms. The van der Waals surface area contributed by atoms with E-state index in [9.17, 15) is 9.59 Å². The molecule has 2 rings (SSSR count). The van der Waals surface area contributed by atoms with Crippen LogP contribution in [0.4, 0.5) is 0 Å². The lowest BCUT2D eigenvalue weighted by Gasteiger charge is -2.36. The molecule has 2 saturated carbocycles. The van der Waals surface area contributed by atoms with E-state index in [4.69, 9.17) is 0 Å². The summed E-state index contributed by atoms with van der Waals surface area (Å²) < 4.78 is 0. The fraction of sp³-hybridized carbons (Fsp3) is 0.857. The standard InChI is InChI=1S/C14H24N2O2/c1-3-15-13(18)14(7-5-4-6-8-14)16-12(17)11-9-10(11)2/h10-11H,3-9H2,1-2H3,(H,15,18)(H,16,17). The van der Waals surface area contributed by atoms with Crippen molar-refractivity contribution in [1.82, 2.24) is 10.6 Å². The SMILES string of the molecule is CCNC(=O)C1(NC(=O)C2CC2C)CCCCC1. The molecule has 4 heteroatoms. The molecule has 0 aromatic heterocycles. The Morgan fingerprint density at radius 2 is 1.83 bits per heavy atom. The lowest BCUT2D eigenvalue weighted by atomic mass is 9.80. The lowest BCUT2D eigenvalue weighted by molar-refractivity contribution is -0.135. The Bertz CT molecular complexity index is 335. The van der Waals surface area contributed by atoms with E-state index in [2.05, 4.69) is 17.6 Å². The molecule has 0 saturated heterocycles. The first-order valence-corrected chi connectivity index (χ1v) is 7.19. The molecule has 0 aromatic rings. The van der Waals surface area contributed by atoms with Gasteiger partial charge in [-0.25, -0.2) is 0 Å². The first-order valence-electron chi connectivity index (χ1n) is 7.19. The Labute approximate surface area is 109 Å². The van der Waals surface area contributed by atoms with E-state index in [1.54, 1.807) is 0 Å². The highest BCUT2D eigenvalue weighted by molar-refractivity contribution is 5.93. The molecule has 2 unspecified atom stereocenters. The molecule has 2 amide bonds. The molecule has 0 heterocycles. The molecular formula is C14H24N2O2. The zero-order valence-corrected chi connectivity index (χ0v) is 11.4. The van der Waals surface area contributed by atoms with E-state index in [0.717, 1.165) is 38.5 Å². The zero-order valence-electron chi connectivity index (χ0n) is 11.4. The van der Waals surface area contributed by atoms with Crippen molar-refractivity contribution in [3.63, 3.8) is 0 Å². The highest BCUT2D eigenvalue weighted by Crippen LogP contribution is 2.39. The Morgan fingerprint density at radius 3 is 2.33 bits per heavy atom. The molecule has 18 heavy (non-hydrogen) atoms. The summed E-state index contributed by atoms with van der Waals surface area (Å²) in [6.45, 7) is 4.62. The van der Waals surface area contributed by atoms with Gasteiger partial charge in [0.2, 0.25) is 11.8 Å². The summed E-state index contributed by atoms with van der Waals surface area (Å²) in [4.78, 5) is 24.4. The normalized spacial score (nSPS) is 29.4. The van der Waals surface area contributed by atoms with Gasteiger partial charge in [0.15, 0.2) is 0 Å². The largest absolute Gasteiger partial charge is 0.354 e. The molecule has 2 atom stereocenters. The molecule has 2 aliphatic carbocycles. The minimum atomic E-state index is -0.631. The van der Waals surface area contributed by atoms with Gasteiger partial charge in [0.1, 0.15) is 5.54 Å². The predicted molar refractivity (Wildman–Crippen MR) is 69.9 cm³/mol. The molecule has 0 bridgehead atoms. The number of rotatable bonds is 4. The van der Waals surface area contributed by atoms with Crippen molar-refractivity contribution < 1.29 is 9.59 Å². The van der Waals surface area contributed by atoms with Crippen molar-refractivity contribution in [2.24, 2.45) is 11.8 Å². The fourth-order valence-corrected chi connectivity index (χ4v) is 2.91. The Hall–Kier alpha value is -1.06. The average molecular weight is 252 g/mol. The third-order valence-electron chi connectivity index (χ3n) is 4.29. The first kappa shape index (κ1) is 13.4. The second-order valence-electron chi connectivity index (χ2n) is 5.81. The minimum absolute atomic E-state index is 0.00588. The van der Waals surface area contributed by atoms with Crippen LogP contribution in [0.3, 0.4) is 0 Å². The number of nitrogens with one attached hydrogen (secondary N) is 2. The fourth-order valence-electron chi connectivity index (χ4n) is 2.91. The van der Waals surface area contributed by atoms with Crippen molar-refractivity contribution in [2.45, 2.75) is 57.9 Å². The minimum Gasteiger partial charge on any atom is -0.354 e. The summed E-state index contributed by atoms with van der Waals surface area (Å²) in [7, 11) is 0. The second-order valence-corrected chi connectivity index (χ2v) is 5.81. The van der Waals surface area contributed by atoms with Gasteiger partial charge < -0.3 is 10.6 Å². The van der Waals surface area contributed by atoms with Crippen LogP contribution in [0.1, 0.15) is 52.4 Å². The van der Waals surface area contributed by atoms with Crippen LogP contribution in [0.5, 0.6) is 0 Å². The maximum atomic E-state index is 12.3. The summed E-state index contributed by atoms with van der Waals surface area (Å²) in [6.07, 6.45) is 5.75. The number of amides is 2. The van der Waals surface area contributed by atoms with Gasteiger partial charge in [0.25, 0.3) is 0 Å². The molecule has 0 aromatic carbocycles. The van der Waals surface area contributed by atoms with Gasteiger partial charge in [-0.2, -0.15) is 0 Å². The van der Waals surface area contributed by atoms with Gasteiger partial charge in [0, 0.05) is 12.5 Å². The highest BCUT2D eigenvalue weighted by atomic mass is 16.2. The lowest BCUT2D eigenvalue weighted by Crippen LogP contribution is -2.60. The van der Waals surface area contributed by atoms with Gasteiger partial charge in [0.05, 0.1) is 0 Å². The van der Waals surface area contributed by atoms with E-state index in [1.807, 2.05) is 6.92 Å². The van der Waals surface area contributed by atoms with Crippen LogP contribution in [0.2, 0.25) is 0 Å². The number of hydrogen-bond acceptors (Lipinski definition) is 2. The van der Waals surface area contributed by atoms with E-state index in [0.29, 0.717) is 12.5 Å². The predicted octanol–water partition coefficient (Wildman–Crippen LogP) is 1.60. The second kappa shape index (κ2) is 5.29. The average Bonchev–Trinajstić information content (AvgIpc) is 3.08. The number of carbonyl (C=O) groups excluding carboxylic acids is 2. The summed E-state index contributed by atoms with van der Waals surface area (Å²) in [5.74, 6) is 0.708. The third kappa shape index (κ3) is 2.68. The van der Waals surface area contributed by atoms with Crippen LogP contribution in [0.25, 0.3) is 0 Å². The first-order chi connectivity index (χ1) is 8.59. The molecular weight excluding hydrogens is 228 g/mol. The van der Waals surface area contributed by atoms with Crippen molar-refractivity contribution in [1.29, 1.82) is 0 Å². The van der Waals surface area contributed by atoms with Crippen LogP contribution in [0.15, 0.2) is 0 Å². The van der Waals surface area contributed by atoms with Crippen molar-refractivity contribution in [3.8, 4) is 0 Å². The van der Waals surface area contributed by atoms with Crippen LogP contribution < -0.4 is 10.6 Å². The number of likely N-dealkylation sites (N-methyl/N-ethyl adjacent to an activating group) is 1. The Balaban J connectivity index is 2.04. The number of hydrogen-bond donors (Lipinski definition) is 2. The van der Waals surface area contributed by atoms with Crippen LogP contribution in [-0.2, 0) is 9.59 Å². The monoisotopic (exact) mass is 252 g/mol. The van der Waals surface area contributed by atoms with Crippen LogP contribution >= 0.6 is 0 Å². The molecule has 2 N–H and O–H groups in total.